The molecule has 0 amide bonds. The molecule has 0 aliphatic heterocycles. The van der Waals surface area contributed by atoms with E-state index in [2.05, 4.69) is 11.9 Å². The number of fused-ring (bicyclic) bond motifs is 1. The lowest BCUT2D eigenvalue weighted by atomic mass is 10.2. The van der Waals surface area contributed by atoms with Gasteiger partial charge in [-0.1, -0.05) is 48.2 Å². The van der Waals surface area contributed by atoms with E-state index in [1.165, 1.54) is 11.8 Å². The van der Waals surface area contributed by atoms with E-state index >= 15 is 0 Å². The largest absolute Gasteiger partial charge is 0.338 e. The quantitative estimate of drug-likeness (QED) is 0.587. The second kappa shape index (κ2) is 7.51. The van der Waals surface area contributed by atoms with Crippen molar-refractivity contribution in [1.29, 1.82) is 0 Å². The van der Waals surface area contributed by atoms with Crippen molar-refractivity contribution in [2.45, 2.75) is 6.92 Å². The molecule has 120 valence electrons. The fraction of sp³-hybridized carbons (Fsp3) is 0.0526. The van der Waals surface area contributed by atoms with Crippen molar-refractivity contribution in [3.05, 3.63) is 77.3 Å². The number of thioether (sulfide) groups is 1. The van der Waals surface area contributed by atoms with Gasteiger partial charge in [-0.2, -0.15) is 0 Å². The topological polar surface area (TPSA) is 37.8 Å². The number of aromatic nitrogens is 2. The van der Waals surface area contributed by atoms with Crippen LogP contribution in [-0.2, 0) is 0 Å². The molecule has 0 saturated carbocycles. The van der Waals surface area contributed by atoms with Crippen LogP contribution in [0.5, 0.6) is 0 Å². The van der Waals surface area contributed by atoms with Crippen LogP contribution in [0.3, 0.4) is 0 Å². The van der Waals surface area contributed by atoms with Gasteiger partial charge in [0.1, 0.15) is 5.69 Å². The molecule has 0 aliphatic rings. The van der Waals surface area contributed by atoms with Crippen molar-refractivity contribution in [2.75, 3.05) is 5.32 Å². The summed E-state index contributed by atoms with van der Waals surface area (Å²) in [5.74, 6) is 0.707. The molecule has 0 radical (unpaired) electrons. The molecule has 0 aliphatic carbocycles. The Balaban J connectivity index is 2.12. The van der Waals surface area contributed by atoms with Crippen LogP contribution in [0.4, 0.5) is 11.5 Å². The number of allylic oxidation sites excluding steroid dienone is 1. The Labute approximate surface area is 150 Å². The summed E-state index contributed by atoms with van der Waals surface area (Å²) >= 11 is 7.49. The third-order valence-electron chi connectivity index (χ3n) is 3.38. The molecule has 0 atom stereocenters. The van der Waals surface area contributed by atoms with Crippen molar-refractivity contribution in [1.82, 2.24) is 9.97 Å². The summed E-state index contributed by atoms with van der Waals surface area (Å²) in [6, 6.07) is 15.3. The first-order valence-corrected chi connectivity index (χ1v) is 8.70. The minimum atomic E-state index is 0.696. The number of halogens is 1. The number of para-hydroxylation sites is 2. The van der Waals surface area contributed by atoms with Gasteiger partial charge in [-0.25, -0.2) is 9.97 Å². The summed E-state index contributed by atoms with van der Waals surface area (Å²) in [6.45, 7) is 5.78. The fourth-order valence-electron chi connectivity index (χ4n) is 2.28. The van der Waals surface area contributed by atoms with Gasteiger partial charge >= 0.3 is 0 Å². The van der Waals surface area contributed by atoms with Crippen LogP contribution in [0, 0.1) is 0 Å². The number of rotatable bonds is 5. The number of benzene rings is 2. The Hall–Kier alpha value is -2.30. The van der Waals surface area contributed by atoms with Gasteiger partial charge in [0.2, 0.25) is 0 Å². The van der Waals surface area contributed by atoms with E-state index in [1.54, 1.807) is 5.41 Å². The van der Waals surface area contributed by atoms with E-state index in [-0.39, 0.29) is 0 Å². The molecule has 1 heterocycles. The van der Waals surface area contributed by atoms with Gasteiger partial charge < -0.3 is 5.32 Å². The van der Waals surface area contributed by atoms with Crippen molar-refractivity contribution in [3.63, 3.8) is 0 Å². The van der Waals surface area contributed by atoms with Crippen molar-refractivity contribution < 1.29 is 0 Å². The highest BCUT2D eigenvalue weighted by Crippen LogP contribution is 2.33. The van der Waals surface area contributed by atoms with Crippen LogP contribution in [0.2, 0.25) is 5.02 Å². The van der Waals surface area contributed by atoms with E-state index < -0.39 is 0 Å². The molecule has 1 aromatic heterocycles. The average molecular weight is 354 g/mol. The molecule has 5 heteroatoms. The van der Waals surface area contributed by atoms with Crippen molar-refractivity contribution in [2.24, 2.45) is 0 Å². The molecule has 24 heavy (non-hydrogen) atoms. The minimum Gasteiger partial charge on any atom is -0.338 e. The Morgan fingerprint density at radius 2 is 1.75 bits per heavy atom. The molecule has 1 N–H and O–H groups in total. The highest BCUT2D eigenvalue weighted by molar-refractivity contribution is 8.10. The monoisotopic (exact) mass is 353 g/mol. The highest BCUT2D eigenvalue weighted by atomic mass is 35.5. The number of anilines is 2. The number of nitrogens with one attached hydrogen (secondary N) is 1. The van der Waals surface area contributed by atoms with Crippen LogP contribution in [0.15, 0.2) is 66.6 Å². The maximum atomic E-state index is 5.96. The van der Waals surface area contributed by atoms with E-state index in [0.29, 0.717) is 10.8 Å². The maximum absolute atomic E-state index is 5.96. The van der Waals surface area contributed by atoms with Gasteiger partial charge in [0.15, 0.2) is 5.82 Å². The smallest absolute Gasteiger partial charge is 0.158 e. The minimum absolute atomic E-state index is 0.696. The number of hydrogen-bond donors (Lipinski definition) is 1. The van der Waals surface area contributed by atoms with Gasteiger partial charge in [-0.3, -0.25) is 0 Å². The Morgan fingerprint density at radius 3 is 2.38 bits per heavy atom. The van der Waals surface area contributed by atoms with Crippen LogP contribution >= 0.6 is 23.4 Å². The zero-order valence-corrected chi connectivity index (χ0v) is 14.7. The summed E-state index contributed by atoms with van der Waals surface area (Å²) in [7, 11) is 0. The third kappa shape index (κ3) is 3.61. The highest BCUT2D eigenvalue weighted by Gasteiger charge is 2.13. The first kappa shape index (κ1) is 16.6. The molecular weight excluding hydrogens is 338 g/mol. The van der Waals surface area contributed by atoms with Gasteiger partial charge in [-0.15, -0.1) is 0 Å². The van der Waals surface area contributed by atoms with Gasteiger partial charge in [0.25, 0.3) is 0 Å². The normalized spacial score (nSPS) is 11.5. The van der Waals surface area contributed by atoms with Crippen molar-refractivity contribution in [3.8, 4) is 0 Å². The van der Waals surface area contributed by atoms with Gasteiger partial charge in [-0.05, 0) is 48.7 Å². The third-order valence-corrected chi connectivity index (χ3v) is 4.49. The summed E-state index contributed by atoms with van der Waals surface area (Å²) in [5, 5.41) is 5.83. The first-order chi connectivity index (χ1) is 11.7. The zero-order chi connectivity index (χ0) is 16.9. The summed E-state index contributed by atoms with van der Waals surface area (Å²) in [5.41, 5.74) is 3.41. The Morgan fingerprint density at radius 1 is 1.08 bits per heavy atom. The number of nitrogens with zero attached hydrogens (tertiary/aromatic N) is 2. The second-order valence-electron chi connectivity index (χ2n) is 4.98. The predicted molar refractivity (Wildman–Crippen MR) is 106 cm³/mol. The lowest BCUT2D eigenvalue weighted by molar-refractivity contribution is 1.25. The van der Waals surface area contributed by atoms with E-state index in [9.17, 15) is 0 Å². The molecule has 3 aromatic rings. The Bertz CT molecular complexity index is 904. The average Bonchev–Trinajstić information content (AvgIpc) is 2.61. The fourth-order valence-corrected chi connectivity index (χ4v) is 2.97. The number of hydrogen-bond acceptors (Lipinski definition) is 4. The summed E-state index contributed by atoms with van der Waals surface area (Å²) in [4.78, 5) is 10.5. The summed E-state index contributed by atoms with van der Waals surface area (Å²) < 4.78 is 0. The van der Waals surface area contributed by atoms with Crippen LogP contribution in [-0.4, -0.2) is 9.97 Å². The molecule has 3 rings (SSSR count). The molecule has 0 unspecified atom stereocenters. The Kier molecular flexibility index (Phi) is 5.18. The maximum Gasteiger partial charge on any atom is 0.158 e. The molecule has 0 fully saturated rings. The molecule has 0 bridgehead atoms. The van der Waals surface area contributed by atoms with Crippen LogP contribution in [0.25, 0.3) is 15.9 Å². The lowest BCUT2D eigenvalue weighted by Gasteiger charge is -2.13. The lowest BCUT2D eigenvalue weighted by Crippen LogP contribution is -2.01. The van der Waals surface area contributed by atoms with E-state index in [0.717, 1.165) is 27.3 Å². The molecule has 2 aromatic carbocycles. The molecule has 3 nitrogen and oxygen atoms in total. The molecule has 0 spiro atoms. The molecular formula is C19H16ClN3S. The van der Waals surface area contributed by atoms with Gasteiger partial charge in [0.05, 0.1) is 11.0 Å². The van der Waals surface area contributed by atoms with E-state index in [1.807, 2.05) is 61.5 Å². The van der Waals surface area contributed by atoms with E-state index in [4.69, 9.17) is 21.6 Å². The van der Waals surface area contributed by atoms with Gasteiger partial charge in [0, 0.05) is 15.6 Å². The standard InChI is InChI=1S/C19H16ClN3S/c1-3-17(24-4-2)18-19(21-14-11-9-13(20)10-12-14)23-16-8-6-5-7-15(16)22-18/h3-12H,2H2,1H3,(H,21,23)/b17-3-. The molecule has 0 saturated heterocycles. The van der Waals surface area contributed by atoms with Crippen LogP contribution < -0.4 is 5.32 Å². The predicted octanol–water partition coefficient (Wildman–Crippen LogP) is 6.26. The first-order valence-electron chi connectivity index (χ1n) is 7.45. The van der Waals surface area contributed by atoms with Crippen molar-refractivity contribution >= 4 is 50.8 Å². The zero-order valence-electron chi connectivity index (χ0n) is 13.2. The SMILES string of the molecule is C=CS/C(=C\C)c1nc2ccccc2nc1Nc1ccc(Cl)cc1. The summed E-state index contributed by atoms with van der Waals surface area (Å²) in [6.07, 6.45) is 2.01. The second-order valence-corrected chi connectivity index (χ2v) is 6.42. The van der Waals surface area contributed by atoms with Crippen LogP contribution in [0.1, 0.15) is 12.6 Å².